The molecule has 28 heavy (non-hydrogen) atoms. The van der Waals surface area contributed by atoms with Crippen LogP contribution in [0.15, 0.2) is 54.6 Å². The Hall–Kier alpha value is -2.99. The molecule has 1 saturated heterocycles. The largest absolute Gasteiger partial charge is 0.392 e. The highest BCUT2D eigenvalue weighted by Gasteiger charge is 2.28. The van der Waals surface area contributed by atoms with Crippen LogP contribution < -0.4 is 0 Å². The van der Waals surface area contributed by atoms with E-state index in [1.54, 1.807) is 18.2 Å². The zero-order valence-electron chi connectivity index (χ0n) is 15.4. The molecule has 0 bridgehead atoms. The summed E-state index contributed by atoms with van der Waals surface area (Å²) in [6.45, 7) is 1.49. The second kappa shape index (κ2) is 7.94. The number of aliphatic hydroxyl groups excluding tert-OH is 1. The van der Waals surface area contributed by atoms with Gasteiger partial charge in [-0.15, -0.1) is 0 Å². The van der Waals surface area contributed by atoms with Crippen LogP contribution in [0.2, 0.25) is 0 Å². The highest BCUT2D eigenvalue weighted by Crippen LogP contribution is 2.24. The lowest BCUT2D eigenvalue weighted by Crippen LogP contribution is -2.29. The molecule has 0 radical (unpaired) electrons. The van der Waals surface area contributed by atoms with Gasteiger partial charge in [0, 0.05) is 18.7 Å². The minimum atomic E-state index is -0.301. The predicted octanol–water partition coefficient (Wildman–Crippen LogP) is 3.41. The monoisotopic (exact) mass is 379 g/mol. The molecule has 0 saturated carbocycles. The van der Waals surface area contributed by atoms with Crippen molar-refractivity contribution in [2.45, 2.75) is 19.4 Å². The van der Waals surface area contributed by atoms with Gasteiger partial charge >= 0.3 is 0 Å². The van der Waals surface area contributed by atoms with Gasteiger partial charge < -0.3 is 10.0 Å². The number of likely N-dealkylation sites (tertiary alicyclic amines) is 1. The van der Waals surface area contributed by atoms with Crippen LogP contribution in [0.1, 0.15) is 28.0 Å². The van der Waals surface area contributed by atoms with Crippen LogP contribution in [0.3, 0.4) is 0 Å². The van der Waals surface area contributed by atoms with Crippen LogP contribution >= 0.6 is 0 Å². The number of carbonyl (C=O) groups excluding carboxylic acids is 1. The Morgan fingerprint density at radius 1 is 1.14 bits per heavy atom. The zero-order chi connectivity index (χ0) is 19.5. The van der Waals surface area contributed by atoms with Crippen LogP contribution in [0.5, 0.6) is 0 Å². The number of benzene rings is 2. The molecule has 1 unspecified atom stereocenters. The Morgan fingerprint density at radius 2 is 1.86 bits per heavy atom. The summed E-state index contributed by atoms with van der Waals surface area (Å²) in [5.41, 5.74) is 3.97. The molecule has 1 aromatic heterocycles. The van der Waals surface area contributed by atoms with Crippen molar-refractivity contribution in [1.29, 1.82) is 0 Å². The number of rotatable bonds is 5. The van der Waals surface area contributed by atoms with Crippen molar-refractivity contribution in [2.75, 3.05) is 13.1 Å². The number of carbonyl (C=O) groups is 1. The van der Waals surface area contributed by atoms with Crippen molar-refractivity contribution in [3.05, 3.63) is 77.2 Å². The minimum Gasteiger partial charge on any atom is -0.392 e. The normalized spacial score (nSPS) is 16.5. The van der Waals surface area contributed by atoms with E-state index in [-0.39, 0.29) is 18.3 Å². The number of H-pyrrole nitrogens is 1. The highest BCUT2D eigenvalue weighted by molar-refractivity contribution is 5.93. The molecular weight excluding hydrogens is 357 g/mol. The van der Waals surface area contributed by atoms with Crippen LogP contribution in [-0.4, -0.2) is 39.2 Å². The first-order valence-electron chi connectivity index (χ1n) is 9.41. The molecule has 2 heterocycles. The Kier molecular flexibility index (Phi) is 5.21. The number of aromatic nitrogens is 2. The van der Waals surface area contributed by atoms with Crippen molar-refractivity contribution in [2.24, 2.45) is 5.92 Å². The number of aliphatic hydroxyl groups is 1. The van der Waals surface area contributed by atoms with E-state index in [0.29, 0.717) is 23.9 Å². The van der Waals surface area contributed by atoms with Crippen molar-refractivity contribution in [1.82, 2.24) is 15.1 Å². The SMILES string of the molecule is O=C(c1cc(-c2ccc(F)cc2)n[nH]1)N1CCC(Cc2ccc(CO)cc2)C1. The lowest BCUT2D eigenvalue weighted by atomic mass is 9.98. The van der Waals surface area contributed by atoms with Gasteiger partial charge in [0.25, 0.3) is 5.91 Å². The van der Waals surface area contributed by atoms with Crippen molar-refractivity contribution in [3.63, 3.8) is 0 Å². The van der Waals surface area contributed by atoms with E-state index >= 15 is 0 Å². The molecule has 0 spiro atoms. The Labute approximate surface area is 162 Å². The fraction of sp³-hybridized carbons (Fsp3) is 0.273. The first-order chi connectivity index (χ1) is 13.6. The number of amides is 1. The van der Waals surface area contributed by atoms with E-state index in [9.17, 15) is 9.18 Å². The number of hydrogen-bond acceptors (Lipinski definition) is 3. The van der Waals surface area contributed by atoms with Gasteiger partial charge in [0.2, 0.25) is 0 Å². The molecule has 3 aromatic rings. The molecule has 1 amide bonds. The van der Waals surface area contributed by atoms with Crippen LogP contribution in [0.25, 0.3) is 11.3 Å². The molecule has 1 aliphatic heterocycles. The highest BCUT2D eigenvalue weighted by atomic mass is 19.1. The van der Waals surface area contributed by atoms with Crippen molar-refractivity contribution in [3.8, 4) is 11.3 Å². The molecule has 1 atom stereocenters. The van der Waals surface area contributed by atoms with E-state index in [2.05, 4.69) is 10.2 Å². The van der Waals surface area contributed by atoms with Crippen molar-refractivity contribution >= 4 is 5.91 Å². The molecule has 6 heteroatoms. The first-order valence-corrected chi connectivity index (χ1v) is 9.41. The molecule has 2 N–H and O–H groups in total. The molecule has 0 aliphatic carbocycles. The second-order valence-electron chi connectivity index (χ2n) is 7.26. The Balaban J connectivity index is 1.38. The first kappa shape index (κ1) is 18.4. The predicted molar refractivity (Wildman–Crippen MR) is 104 cm³/mol. The van der Waals surface area contributed by atoms with E-state index < -0.39 is 0 Å². The van der Waals surface area contributed by atoms with E-state index in [4.69, 9.17) is 5.11 Å². The van der Waals surface area contributed by atoms with Crippen molar-refractivity contribution < 1.29 is 14.3 Å². The number of halogens is 1. The molecule has 1 aliphatic rings. The third-order valence-electron chi connectivity index (χ3n) is 5.25. The van der Waals surface area contributed by atoms with E-state index in [1.807, 2.05) is 29.2 Å². The maximum Gasteiger partial charge on any atom is 0.271 e. The summed E-state index contributed by atoms with van der Waals surface area (Å²) in [5.74, 6) is 0.0621. The molecule has 2 aromatic carbocycles. The summed E-state index contributed by atoms with van der Waals surface area (Å²) in [5, 5.41) is 16.1. The van der Waals surface area contributed by atoms with Gasteiger partial charge in [0.1, 0.15) is 11.5 Å². The van der Waals surface area contributed by atoms with E-state index in [1.165, 1.54) is 17.7 Å². The summed E-state index contributed by atoms with van der Waals surface area (Å²) in [7, 11) is 0. The second-order valence-corrected chi connectivity index (χ2v) is 7.26. The summed E-state index contributed by atoms with van der Waals surface area (Å²) in [6.07, 6.45) is 1.88. The minimum absolute atomic E-state index is 0.0517. The van der Waals surface area contributed by atoms with Gasteiger partial charge in [-0.05, 0) is 60.2 Å². The smallest absolute Gasteiger partial charge is 0.271 e. The topological polar surface area (TPSA) is 69.2 Å². The third-order valence-corrected chi connectivity index (χ3v) is 5.25. The molecule has 144 valence electrons. The van der Waals surface area contributed by atoms with Gasteiger partial charge in [-0.3, -0.25) is 9.89 Å². The lowest BCUT2D eigenvalue weighted by Gasteiger charge is -2.15. The fourth-order valence-electron chi connectivity index (χ4n) is 3.67. The van der Waals surface area contributed by atoms with Crippen LogP contribution in [0.4, 0.5) is 4.39 Å². The van der Waals surface area contributed by atoms with Crippen LogP contribution in [-0.2, 0) is 13.0 Å². The third kappa shape index (κ3) is 3.97. The summed E-state index contributed by atoms with van der Waals surface area (Å²) >= 11 is 0. The number of hydrogen-bond donors (Lipinski definition) is 2. The summed E-state index contributed by atoms with van der Waals surface area (Å²) in [4.78, 5) is 14.6. The van der Waals surface area contributed by atoms with Gasteiger partial charge in [-0.25, -0.2) is 4.39 Å². The Morgan fingerprint density at radius 3 is 2.57 bits per heavy atom. The maximum absolute atomic E-state index is 13.1. The van der Waals surface area contributed by atoms with Gasteiger partial charge in [-0.1, -0.05) is 24.3 Å². The lowest BCUT2D eigenvalue weighted by molar-refractivity contribution is 0.0781. The molecule has 5 nitrogen and oxygen atoms in total. The molecular formula is C22H22FN3O2. The number of aromatic amines is 1. The number of nitrogens with one attached hydrogen (secondary N) is 1. The Bertz CT molecular complexity index is 951. The summed E-state index contributed by atoms with van der Waals surface area (Å²) < 4.78 is 13.1. The average Bonchev–Trinajstić information content (AvgIpc) is 3.39. The van der Waals surface area contributed by atoms with Gasteiger partial charge in [0.15, 0.2) is 0 Å². The van der Waals surface area contributed by atoms with Gasteiger partial charge in [-0.2, -0.15) is 5.10 Å². The van der Waals surface area contributed by atoms with E-state index in [0.717, 1.165) is 30.5 Å². The standard InChI is InChI=1S/C22H22FN3O2/c23-19-7-5-18(6-8-19)20-12-21(25-24-20)22(28)26-10-9-17(13-26)11-15-1-3-16(14-27)4-2-15/h1-8,12,17,27H,9-11,13-14H2,(H,24,25). The molecule has 4 rings (SSSR count). The summed E-state index contributed by atoms with van der Waals surface area (Å²) in [6, 6.07) is 15.7. The maximum atomic E-state index is 13.1. The van der Waals surface area contributed by atoms with Gasteiger partial charge in [0.05, 0.1) is 12.3 Å². The number of nitrogens with zero attached hydrogens (tertiary/aromatic N) is 2. The fourth-order valence-corrected chi connectivity index (χ4v) is 3.67. The average molecular weight is 379 g/mol. The van der Waals surface area contributed by atoms with Crippen LogP contribution in [0, 0.1) is 11.7 Å². The zero-order valence-corrected chi connectivity index (χ0v) is 15.4. The quantitative estimate of drug-likeness (QED) is 0.714. The molecule has 1 fully saturated rings.